The number of ether oxygens (including phenoxy) is 2. The van der Waals surface area contributed by atoms with Gasteiger partial charge in [-0.15, -0.1) is 0 Å². The maximum absolute atomic E-state index is 11.9. The van der Waals surface area contributed by atoms with E-state index >= 15 is 0 Å². The third-order valence-corrected chi connectivity index (χ3v) is 9.75. The SMILES string of the molecule is CC(=O)OCC=C1CC[C@H](OC(=O)CBr)CC1=CC=C1CCC[C@@]2(C)C1CC[C@@H]2[C@H](C)CCCC(C)(C)O. The lowest BCUT2D eigenvalue weighted by atomic mass is 9.60. The summed E-state index contributed by atoms with van der Waals surface area (Å²) in [5, 5.41) is 10.3. The van der Waals surface area contributed by atoms with Gasteiger partial charge in [-0.1, -0.05) is 60.3 Å². The number of carbonyl (C=O) groups excluding carboxylic acids is 2. The fraction of sp³-hybridized carbons (Fsp3) is 0.750. The van der Waals surface area contributed by atoms with Crippen LogP contribution in [0.1, 0.15) is 105 Å². The van der Waals surface area contributed by atoms with E-state index < -0.39 is 5.60 Å². The molecule has 0 radical (unpaired) electrons. The van der Waals surface area contributed by atoms with Gasteiger partial charge in [-0.2, -0.15) is 0 Å². The van der Waals surface area contributed by atoms with Gasteiger partial charge < -0.3 is 14.6 Å². The van der Waals surface area contributed by atoms with Gasteiger partial charge in [0.1, 0.15) is 18.0 Å². The predicted octanol–water partition coefficient (Wildman–Crippen LogP) is 7.61. The summed E-state index contributed by atoms with van der Waals surface area (Å²) < 4.78 is 10.8. The largest absolute Gasteiger partial charge is 0.462 e. The molecular formula is C32H49BrO5. The van der Waals surface area contributed by atoms with Crippen LogP contribution in [0.2, 0.25) is 0 Å². The Labute approximate surface area is 238 Å². The summed E-state index contributed by atoms with van der Waals surface area (Å²) in [5.41, 5.74) is 3.70. The molecule has 0 saturated heterocycles. The van der Waals surface area contributed by atoms with Crippen LogP contribution in [-0.2, 0) is 19.1 Å². The minimum Gasteiger partial charge on any atom is -0.462 e. The summed E-state index contributed by atoms with van der Waals surface area (Å²) in [6.07, 6.45) is 18.2. The number of rotatable bonds is 10. The predicted molar refractivity (Wildman–Crippen MR) is 156 cm³/mol. The minimum absolute atomic E-state index is 0.118. The smallest absolute Gasteiger partial charge is 0.316 e. The van der Waals surface area contributed by atoms with E-state index in [1.165, 1.54) is 50.2 Å². The second-order valence-electron chi connectivity index (χ2n) is 12.7. The van der Waals surface area contributed by atoms with Crippen molar-refractivity contribution < 1.29 is 24.2 Å². The van der Waals surface area contributed by atoms with Crippen molar-refractivity contribution in [2.24, 2.45) is 23.2 Å². The number of hydrogen-bond acceptors (Lipinski definition) is 5. The van der Waals surface area contributed by atoms with Gasteiger partial charge in [-0.05, 0) is 106 Å². The zero-order valence-electron chi connectivity index (χ0n) is 24.2. The Kier molecular flexibility index (Phi) is 11.3. The van der Waals surface area contributed by atoms with E-state index in [9.17, 15) is 14.7 Å². The molecule has 0 aromatic heterocycles. The van der Waals surface area contributed by atoms with Gasteiger partial charge in [0.05, 0.1) is 5.60 Å². The lowest BCUT2D eigenvalue weighted by Crippen LogP contribution is -2.36. The van der Waals surface area contributed by atoms with Crippen LogP contribution in [0.3, 0.4) is 0 Å². The molecule has 3 saturated carbocycles. The Morgan fingerprint density at radius 3 is 2.63 bits per heavy atom. The zero-order chi connectivity index (χ0) is 27.9. The van der Waals surface area contributed by atoms with Gasteiger partial charge in [-0.3, -0.25) is 9.59 Å². The first kappa shape index (κ1) is 31.1. The van der Waals surface area contributed by atoms with Crippen molar-refractivity contribution in [3.8, 4) is 0 Å². The minimum atomic E-state index is -0.577. The van der Waals surface area contributed by atoms with Gasteiger partial charge in [-0.25, -0.2) is 0 Å². The third-order valence-electron chi connectivity index (χ3n) is 9.29. The molecule has 0 aromatic carbocycles. The van der Waals surface area contributed by atoms with E-state index in [-0.39, 0.29) is 30.0 Å². The molecular weight excluding hydrogens is 544 g/mol. The Bertz CT molecular complexity index is 927. The highest BCUT2D eigenvalue weighted by molar-refractivity contribution is 9.09. The van der Waals surface area contributed by atoms with Gasteiger partial charge in [0, 0.05) is 13.3 Å². The number of carbonyl (C=O) groups is 2. The highest BCUT2D eigenvalue weighted by Gasteiger charge is 2.50. The van der Waals surface area contributed by atoms with E-state index in [1.807, 2.05) is 19.9 Å². The van der Waals surface area contributed by atoms with Crippen LogP contribution < -0.4 is 0 Å². The molecule has 0 amide bonds. The van der Waals surface area contributed by atoms with Crippen LogP contribution in [0.4, 0.5) is 0 Å². The average molecular weight is 594 g/mol. The van der Waals surface area contributed by atoms with E-state index in [1.54, 1.807) is 5.57 Å². The molecule has 5 nitrogen and oxygen atoms in total. The Morgan fingerprint density at radius 2 is 1.95 bits per heavy atom. The molecule has 1 N–H and O–H groups in total. The normalized spacial score (nSPS) is 31.9. The highest BCUT2D eigenvalue weighted by Crippen LogP contribution is 2.60. The fourth-order valence-corrected chi connectivity index (χ4v) is 7.55. The van der Waals surface area contributed by atoms with Gasteiger partial charge in [0.15, 0.2) is 0 Å². The number of aliphatic hydroxyl groups is 1. The zero-order valence-corrected chi connectivity index (χ0v) is 25.8. The molecule has 5 atom stereocenters. The van der Waals surface area contributed by atoms with E-state index in [0.717, 1.165) is 38.0 Å². The molecule has 214 valence electrons. The summed E-state index contributed by atoms with van der Waals surface area (Å²) in [6.45, 7) is 10.5. The lowest BCUT2D eigenvalue weighted by Gasteiger charge is -2.44. The Balaban J connectivity index is 1.76. The summed E-state index contributed by atoms with van der Waals surface area (Å²) in [4.78, 5) is 23.2. The topological polar surface area (TPSA) is 72.8 Å². The van der Waals surface area contributed by atoms with E-state index in [4.69, 9.17) is 9.47 Å². The first-order chi connectivity index (χ1) is 17.9. The molecule has 6 heteroatoms. The molecule has 3 rings (SSSR count). The molecule has 3 aliphatic rings. The van der Waals surface area contributed by atoms with E-state index in [0.29, 0.717) is 23.7 Å². The summed E-state index contributed by atoms with van der Waals surface area (Å²) >= 11 is 3.20. The molecule has 0 aliphatic heterocycles. The molecule has 38 heavy (non-hydrogen) atoms. The molecule has 0 bridgehead atoms. The Hall–Kier alpha value is -1.40. The maximum Gasteiger partial charge on any atom is 0.316 e. The fourth-order valence-electron chi connectivity index (χ4n) is 7.42. The number of fused-ring (bicyclic) bond motifs is 1. The number of alkyl halides is 1. The third kappa shape index (κ3) is 8.55. The van der Waals surface area contributed by atoms with Crippen LogP contribution in [-0.4, -0.2) is 40.7 Å². The van der Waals surface area contributed by atoms with Gasteiger partial charge >= 0.3 is 11.9 Å². The molecule has 0 spiro atoms. The van der Waals surface area contributed by atoms with Crippen molar-refractivity contribution in [3.05, 3.63) is 34.9 Å². The second-order valence-corrected chi connectivity index (χ2v) is 13.3. The first-order valence-electron chi connectivity index (χ1n) is 14.6. The quantitative estimate of drug-likeness (QED) is 0.209. The average Bonchev–Trinajstić information content (AvgIpc) is 3.20. The van der Waals surface area contributed by atoms with Crippen molar-refractivity contribution in [2.45, 2.75) is 117 Å². The number of allylic oxidation sites excluding steroid dienone is 4. The number of esters is 2. The summed E-state index contributed by atoms with van der Waals surface area (Å²) in [6, 6.07) is 0. The molecule has 1 unspecified atom stereocenters. The van der Waals surface area contributed by atoms with Gasteiger partial charge in [0.2, 0.25) is 0 Å². The number of hydrogen-bond donors (Lipinski definition) is 1. The molecule has 0 heterocycles. The van der Waals surface area contributed by atoms with Gasteiger partial charge in [0.25, 0.3) is 0 Å². The first-order valence-corrected chi connectivity index (χ1v) is 15.8. The monoisotopic (exact) mass is 592 g/mol. The van der Waals surface area contributed by atoms with Crippen molar-refractivity contribution in [2.75, 3.05) is 11.9 Å². The summed E-state index contributed by atoms with van der Waals surface area (Å²) in [7, 11) is 0. The van der Waals surface area contributed by atoms with Crippen LogP contribution in [0, 0.1) is 23.2 Å². The summed E-state index contributed by atoms with van der Waals surface area (Å²) in [5.74, 6) is 1.52. The van der Waals surface area contributed by atoms with Crippen molar-refractivity contribution in [1.29, 1.82) is 0 Å². The van der Waals surface area contributed by atoms with Crippen molar-refractivity contribution in [1.82, 2.24) is 0 Å². The molecule has 3 fully saturated rings. The maximum atomic E-state index is 11.9. The Morgan fingerprint density at radius 1 is 1.18 bits per heavy atom. The van der Waals surface area contributed by atoms with Crippen LogP contribution in [0.5, 0.6) is 0 Å². The van der Waals surface area contributed by atoms with Crippen molar-refractivity contribution in [3.63, 3.8) is 0 Å². The second kappa shape index (κ2) is 13.8. The van der Waals surface area contributed by atoms with Crippen molar-refractivity contribution >= 4 is 27.9 Å². The van der Waals surface area contributed by atoms with E-state index in [2.05, 4.69) is 41.9 Å². The standard InChI is InChI=1S/C32H49BrO5/c1-22(8-6-17-31(3,4)36)28-14-15-29-25(9-7-18-32(28,29)5)10-11-26-20-27(38-30(35)21-33)13-12-24(26)16-19-37-23(2)34/h10-11,16,22,27-29,36H,6-9,12-15,17-21H2,1-5H3/t22-,27+,28-,29?,32-/m1/s1. The lowest BCUT2D eigenvalue weighted by molar-refractivity contribution is -0.146. The number of halogens is 1. The van der Waals surface area contributed by atoms with Crippen LogP contribution >= 0.6 is 15.9 Å². The highest BCUT2D eigenvalue weighted by atomic mass is 79.9. The molecule has 3 aliphatic carbocycles. The molecule has 0 aromatic rings. The van der Waals surface area contributed by atoms with Crippen LogP contribution in [0.25, 0.3) is 0 Å². The van der Waals surface area contributed by atoms with Crippen LogP contribution in [0.15, 0.2) is 34.9 Å².